The summed E-state index contributed by atoms with van der Waals surface area (Å²) in [6.45, 7) is 2.55. The van der Waals surface area contributed by atoms with Crippen LogP contribution in [0.3, 0.4) is 0 Å². The third-order valence-electron chi connectivity index (χ3n) is 5.91. The number of pyridine rings is 2. The lowest BCUT2D eigenvalue weighted by Crippen LogP contribution is -2.48. The number of amides is 2. The lowest BCUT2D eigenvalue weighted by atomic mass is 9.88. The zero-order valence-corrected chi connectivity index (χ0v) is 16.0. The SMILES string of the molecule is O=C1CCC(C(=O)N2CCC(c3ccncc3)CC2)CN1Cc1ccccn1. The summed E-state index contributed by atoms with van der Waals surface area (Å²) >= 11 is 0. The Hall–Kier alpha value is -2.76. The molecule has 6 nitrogen and oxygen atoms in total. The summed E-state index contributed by atoms with van der Waals surface area (Å²) < 4.78 is 0. The number of piperidine rings is 2. The van der Waals surface area contributed by atoms with E-state index < -0.39 is 0 Å². The fourth-order valence-electron chi connectivity index (χ4n) is 4.28. The van der Waals surface area contributed by atoms with Crippen molar-refractivity contribution in [2.24, 2.45) is 5.92 Å². The second kappa shape index (κ2) is 8.50. The number of carbonyl (C=O) groups is 2. The van der Waals surface area contributed by atoms with E-state index in [9.17, 15) is 9.59 Å². The van der Waals surface area contributed by atoms with Gasteiger partial charge in [-0.15, -0.1) is 0 Å². The number of rotatable bonds is 4. The highest BCUT2D eigenvalue weighted by Crippen LogP contribution is 2.29. The number of carbonyl (C=O) groups excluding carboxylic acids is 2. The normalized spacial score (nSPS) is 21.0. The molecule has 6 heteroatoms. The van der Waals surface area contributed by atoms with Crippen LogP contribution in [0, 0.1) is 5.92 Å². The highest BCUT2D eigenvalue weighted by molar-refractivity contribution is 5.84. The van der Waals surface area contributed by atoms with Gasteiger partial charge in [-0.05, 0) is 55.0 Å². The Bertz CT molecular complexity index is 804. The second-order valence-electron chi connectivity index (χ2n) is 7.71. The van der Waals surface area contributed by atoms with Crippen molar-refractivity contribution >= 4 is 11.8 Å². The molecular formula is C22H26N4O2. The summed E-state index contributed by atoms with van der Waals surface area (Å²) in [6.07, 6.45) is 8.47. The number of hydrogen-bond donors (Lipinski definition) is 0. The molecule has 0 aliphatic carbocycles. The van der Waals surface area contributed by atoms with E-state index >= 15 is 0 Å². The molecule has 2 aliphatic rings. The number of likely N-dealkylation sites (tertiary alicyclic amines) is 2. The fourth-order valence-corrected chi connectivity index (χ4v) is 4.28. The molecule has 146 valence electrons. The molecule has 1 atom stereocenters. The van der Waals surface area contributed by atoms with Crippen molar-refractivity contribution in [3.8, 4) is 0 Å². The zero-order chi connectivity index (χ0) is 19.3. The molecule has 0 spiro atoms. The van der Waals surface area contributed by atoms with Gasteiger partial charge in [0.15, 0.2) is 0 Å². The van der Waals surface area contributed by atoms with Gasteiger partial charge in [0.05, 0.1) is 18.2 Å². The predicted octanol–water partition coefficient (Wildman–Crippen LogP) is 2.62. The van der Waals surface area contributed by atoms with Crippen molar-refractivity contribution in [3.63, 3.8) is 0 Å². The van der Waals surface area contributed by atoms with Crippen molar-refractivity contribution in [2.45, 2.75) is 38.1 Å². The van der Waals surface area contributed by atoms with E-state index in [-0.39, 0.29) is 17.7 Å². The maximum absolute atomic E-state index is 13.1. The topological polar surface area (TPSA) is 66.4 Å². The van der Waals surface area contributed by atoms with Gasteiger partial charge in [-0.2, -0.15) is 0 Å². The largest absolute Gasteiger partial charge is 0.342 e. The van der Waals surface area contributed by atoms with E-state index in [0.717, 1.165) is 31.6 Å². The van der Waals surface area contributed by atoms with E-state index in [2.05, 4.69) is 22.1 Å². The molecule has 2 aromatic rings. The summed E-state index contributed by atoms with van der Waals surface area (Å²) in [5.41, 5.74) is 2.18. The molecule has 4 heterocycles. The van der Waals surface area contributed by atoms with E-state index in [4.69, 9.17) is 0 Å². The first-order valence-corrected chi connectivity index (χ1v) is 10.1. The van der Waals surface area contributed by atoms with Crippen molar-refractivity contribution in [3.05, 3.63) is 60.2 Å². The summed E-state index contributed by atoms with van der Waals surface area (Å²) in [6, 6.07) is 9.85. The fraction of sp³-hybridized carbons (Fsp3) is 0.455. The van der Waals surface area contributed by atoms with Gasteiger partial charge in [0, 0.05) is 44.6 Å². The summed E-state index contributed by atoms with van der Waals surface area (Å²) in [7, 11) is 0. The quantitative estimate of drug-likeness (QED) is 0.820. The van der Waals surface area contributed by atoms with E-state index in [1.54, 1.807) is 11.1 Å². The van der Waals surface area contributed by atoms with Crippen molar-refractivity contribution in [2.75, 3.05) is 19.6 Å². The number of hydrogen-bond acceptors (Lipinski definition) is 4. The summed E-state index contributed by atoms with van der Waals surface area (Å²) in [5, 5.41) is 0. The predicted molar refractivity (Wildman–Crippen MR) is 105 cm³/mol. The molecular weight excluding hydrogens is 352 g/mol. The molecule has 1 unspecified atom stereocenters. The van der Waals surface area contributed by atoms with E-state index in [0.29, 0.717) is 31.8 Å². The first kappa shape index (κ1) is 18.6. The number of aromatic nitrogens is 2. The van der Waals surface area contributed by atoms with Crippen LogP contribution in [0.1, 0.15) is 42.9 Å². The van der Waals surface area contributed by atoms with Crippen LogP contribution in [-0.4, -0.2) is 51.2 Å². The molecule has 2 fully saturated rings. The minimum atomic E-state index is -0.0983. The Kier molecular flexibility index (Phi) is 5.65. The van der Waals surface area contributed by atoms with E-state index in [1.807, 2.05) is 35.5 Å². The van der Waals surface area contributed by atoms with Crippen LogP contribution >= 0.6 is 0 Å². The molecule has 0 bridgehead atoms. The molecule has 2 amide bonds. The molecule has 0 N–H and O–H groups in total. The van der Waals surface area contributed by atoms with Gasteiger partial charge in [0.1, 0.15) is 0 Å². The second-order valence-corrected chi connectivity index (χ2v) is 7.71. The monoisotopic (exact) mass is 378 g/mol. The van der Waals surface area contributed by atoms with Gasteiger partial charge in [-0.25, -0.2) is 0 Å². The van der Waals surface area contributed by atoms with Crippen LogP contribution in [0.5, 0.6) is 0 Å². The third kappa shape index (κ3) is 4.21. The minimum absolute atomic E-state index is 0.0983. The smallest absolute Gasteiger partial charge is 0.227 e. The van der Waals surface area contributed by atoms with Gasteiger partial charge in [0.25, 0.3) is 0 Å². The zero-order valence-electron chi connectivity index (χ0n) is 16.0. The Morgan fingerprint density at radius 1 is 1.04 bits per heavy atom. The van der Waals surface area contributed by atoms with Gasteiger partial charge in [-0.3, -0.25) is 19.6 Å². The van der Waals surface area contributed by atoms with Crippen molar-refractivity contribution < 1.29 is 9.59 Å². The molecule has 28 heavy (non-hydrogen) atoms. The average Bonchev–Trinajstić information content (AvgIpc) is 2.76. The average molecular weight is 378 g/mol. The molecule has 2 saturated heterocycles. The lowest BCUT2D eigenvalue weighted by Gasteiger charge is -2.37. The Balaban J connectivity index is 1.34. The van der Waals surface area contributed by atoms with Crippen LogP contribution in [-0.2, 0) is 16.1 Å². The maximum Gasteiger partial charge on any atom is 0.227 e. The van der Waals surface area contributed by atoms with Gasteiger partial charge < -0.3 is 9.80 Å². The molecule has 2 aromatic heterocycles. The van der Waals surface area contributed by atoms with Crippen LogP contribution in [0.2, 0.25) is 0 Å². The van der Waals surface area contributed by atoms with Gasteiger partial charge >= 0.3 is 0 Å². The van der Waals surface area contributed by atoms with Crippen LogP contribution in [0.15, 0.2) is 48.9 Å². The van der Waals surface area contributed by atoms with Gasteiger partial charge in [0.2, 0.25) is 11.8 Å². The van der Waals surface area contributed by atoms with Crippen LogP contribution in [0.25, 0.3) is 0 Å². The first-order valence-electron chi connectivity index (χ1n) is 10.1. The van der Waals surface area contributed by atoms with Gasteiger partial charge in [-0.1, -0.05) is 6.07 Å². The maximum atomic E-state index is 13.1. The molecule has 4 rings (SSSR count). The standard InChI is InChI=1S/C22H26N4O2/c27-21-5-4-19(15-26(21)16-20-3-1-2-10-24-20)22(28)25-13-8-18(9-14-25)17-6-11-23-12-7-17/h1-3,6-7,10-12,18-19H,4-5,8-9,13-16H2. The molecule has 2 aliphatic heterocycles. The third-order valence-corrected chi connectivity index (χ3v) is 5.91. The summed E-state index contributed by atoms with van der Waals surface area (Å²) in [5.74, 6) is 0.720. The molecule has 0 radical (unpaired) electrons. The first-order chi connectivity index (χ1) is 13.7. The number of nitrogens with zero attached hydrogens (tertiary/aromatic N) is 4. The Labute approximate surface area is 165 Å². The minimum Gasteiger partial charge on any atom is -0.342 e. The molecule has 0 saturated carbocycles. The highest BCUT2D eigenvalue weighted by Gasteiger charge is 2.34. The van der Waals surface area contributed by atoms with Crippen LogP contribution < -0.4 is 0 Å². The van der Waals surface area contributed by atoms with Crippen molar-refractivity contribution in [1.82, 2.24) is 19.8 Å². The Morgan fingerprint density at radius 3 is 2.54 bits per heavy atom. The van der Waals surface area contributed by atoms with Crippen LogP contribution in [0.4, 0.5) is 0 Å². The molecule has 0 aromatic carbocycles. The Morgan fingerprint density at radius 2 is 1.82 bits per heavy atom. The van der Waals surface area contributed by atoms with E-state index in [1.165, 1.54) is 5.56 Å². The highest BCUT2D eigenvalue weighted by atomic mass is 16.2. The summed E-state index contributed by atoms with van der Waals surface area (Å²) in [4.78, 5) is 37.6. The van der Waals surface area contributed by atoms with Crippen molar-refractivity contribution in [1.29, 1.82) is 0 Å². The lowest BCUT2D eigenvalue weighted by molar-refractivity contribution is -0.144.